The number of hydrogen-bond acceptors (Lipinski definition) is 15. The number of allylic oxidation sites excluding steroid dienone is 7. The lowest BCUT2D eigenvalue weighted by atomic mass is 9.93. The molecule has 21 nitrogen and oxygen atoms in total. The van der Waals surface area contributed by atoms with Gasteiger partial charge < -0.3 is 54.5 Å². The number of aliphatic imine (C=N–C) groups is 2. The van der Waals surface area contributed by atoms with E-state index in [1.165, 1.54) is 17.7 Å². The Labute approximate surface area is 554 Å². The van der Waals surface area contributed by atoms with E-state index in [1.54, 1.807) is 66.4 Å². The van der Waals surface area contributed by atoms with E-state index in [0.29, 0.717) is 96.1 Å². The lowest BCUT2D eigenvalue weighted by Crippen LogP contribution is -2.53. The van der Waals surface area contributed by atoms with E-state index in [4.69, 9.17) is 28.9 Å². The standard InChI is InChI=1S/C74H84N10O11/c1-47(2)68(79-66(85)20-15-12-16-29-82-67(86)39-57(71(82)89)51-18-13-10-8-9-11-14-19-51)70(88)77-48(3)69(87)78-54-25-21-49(22-26-54)52-36-56-43-75-60-40-64(62(92-6)37-58(60)72(90)83(56)44-52)94-34-17-35-95-65-41-61-59(38-63(65)93-7)73(91)84-45-53(42-74(84,4)46-76-61)50-23-27-55(28-24-50)81-32-30-80(5)31-33-81/h8-11,13,18-19,21-28,37-38,40-41,43-48,56-57,68H,12,14-17,20,29-36,39,42H2,1-7H3,(H,77,88)(H,78,87)(H,79,85)/b10-8-,11-9-,18-13-,51-19+/t48-,56-,57?,68?,74-/m0/s1. The van der Waals surface area contributed by atoms with Gasteiger partial charge in [0.05, 0.1) is 67.4 Å². The highest BCUT2D eigenvalue weighted by molar-refractivity contribution is 6.08. The molecule has 6 aliphatic heterocycles. The summed E-state index contributed by atoms with van der Waals surface area (Å²) in [5, 5.41) is 8.44. The van der Waals surface area contributed by atoms with Gasteiger partial charge >= 0.3 is 0 Å². The highest BCUT2D eigenvalue weighted by Crippen LogP contribution is 2.45. The molecule has 2 saturated heterocycles. The maximum absolute atomic E-state index is 14.3. The quantitative estimate of drug-likeness (QED) is 0.0438. The molecule has 1 aliphatic carbocycles. The molecular formula is C74H84N10O11. The highest BCUT2D eigenvalue weighted by atomic mass is 16.5. The average molecular weight is 1290 g/mol. The van der Waals surface area contributed by atoms with Crippen molar-refractivity contribution in [2.75, 3.05) is 77.4 Å². The van der Waals surface area contributed by atoms with E-state index in [9.17, 15) is 33.6 Å². The van der Waals surface area contributed by atoms with Crippen molar-refractivity contribution in [1.82, 2.24) is 30.2 Å². The summed E-state index contributed by atoms with van der Waals surface area (Å²) in [6.07, 6.45) is 25.1. The number of rotatable bonds is 24. The second kappa shape index (κ2) is 29.6. The number of nitrogens with zero attached hydrogens (tertiary/aromatic N) is 7. The molecule has 4 aromatic carbocycles. The predicted octanol–water partition coefficient (Wildman–Crippen LogP) is 10.2. The first-order valence-corrected chi connectivity index (χ1v) is 32.8. The highest BCUT2D eigenvalue weighted by Gasteiger charge is 2.43. The summed E-state index contributed by atoms with van der Waals surface area (Å²) < 4.78 is 23.9. The van der Waals surface area contributed by atoms with Crippen LogP contribution in [-0.4, -0.2) is 164 Å². The molecule has 0 radical (unpaired) electrons. The fourth-order valence-corrected chi connectivity index (χ4v) is 12.8. The van der Waals surface area contributed by atoms with Crippen LogP contribution >= 0.6 is 0 Å². The van der Waals surface area contributed by atoms with Crippen molar-refractivity contribution in [3.8, 4) is 23.0 Å². The Morgan fingerprint density at radius 1 is 0.695 bits per heavy atom. The lowest BCUT2D eigenvalue weighted by molar-refractivity contribution is -0.139. The van der Waals surface area contributed by atoms with E-state index in [0.717, 1.165) is 54.0 Å². The summed E-state index contributed by atoms with van der Waals surface area (Å²) in [5.74, 6) is -1.22. The zero-order valence-electron chi connectivity index (χ0n) is 55.1. The first kappa shape index (κ1) is 66.6. The first-order valence-electron chi connectivity index (χ1n) is 32.8. The maximum atomic E-state index is 14.3. The number of unbranched alkanes of at least 4 members (excludes halogenated alkanes) is 2. The first-order chi connectivity index (χ1) is 45.9. The van der Waals surface area contributed by atoms with E-state index in [2.05, 4.69) is 57.1 Å². The van der Waals surface area contributed by atoms with Crippen molar-refractivity contribution in [3.63, 3.8) is 0 Å². The summed E-state index contributed by atoms with van der Waals surface area (Å²) in [6, 6.07) is 20.4. The van der Waals surface area contributed by atoms with Crippen LogP contribution in [0.25, 0.3) is 11.1 Å². The molecule has 95 heavy (non-hydrogen) atoms. The van der Waals surface area contributed by atoms with Gasteiger partial charge in [-0.1, -0.05) is 87.1 Å². The van der Waals surface area contributed by atoms with E-state index >= 15 is 0 Å². The second-order valence-electron chi connectivity index (χ2n) is 25.6. The van der Waals surface area contributed by atoms with Gasteiger partial charge in [-0.2, -0.15) is 0 Å². The smallest absolute Gasteiger partial charge is 0.260 e. The largest absolute Gasteiger partial charge is 0.493 e. The van der Waals surface area contributed by atoms with Crippen LogP contribution in [0.5, 0.6) is 23.0 Å². The number of amides is 7. The van der Waals surface area contributed by atoms with Crippen LogP contribution < -0.4 is 39.8 Å². The van der Waals surface area contributed by atoms with Gasteiger partial charge in [0, 0.05) is 113 Å². The molecule has 6 heterocycles. The Morgan fingerprint density at radius 2 is 1.36 bits per heavy atom. The van der Waals surface area contributed by atoms with Crippen LogP contribution in [0.1, 0.15) is 117 Å². The molecule has 0 saturated carbocycles. The molecule has 0 aromatic heterocycles. The normalized spacial score (nSPS) is 22.0. The Morgan fingerprint density at radius 3 is 2.05 bits per heavy atom. The molecule has 11 rings (SSSR count). The Balaban J connectivity index is 0.621. The fraction of sp³-hybridized carbons (Fsp3) is 0.392. The van der Waals surface area contributed by atoms with Crippen LogP contribution in [0.15, 0.2) is 143 Å². The van der Waals surface area contributed by atoms with Gasteiger partial charge in [-0.3, -0.25) is 48.4 Å². The molecule has 5 atom stereocenters. The van der Waals surface area contributed by atoms with Crippen molar-refractivity contribution in [2.45, 2.75) is 109 Å². The summed E-state index contributed by atoms with van der Waals surface area (Å²) in [4.78, 5) is 114. The number of piperazine rings is 1. The van der Waals surface area contributed by atoms with Crippen LogP contribution in [0, 0.1) is 11.8 Å². The predicted molar refractivity (Wildman–Crippen MR) is 367 cm³/mol. The lowest BCUT2D eigenvalue weighted by Gasteiger charge is -2.34. The number of carbonyl (C=O) groups is 7. The SMILES string of the molecule is COc1cc2c(cc1OCCCOc1cc3c(cc1OC)C(=O)N1C=C(c4ccc(N5CCN(C)CC5)cc4)C[C@@]1(C)C=N3)N=C[C@@H]1CC(c3ccc(NC(=O)[C@H](C)NC(=O)C(NC(=O)CCCCCN4C(=O)CC(C5=C\C\C=C/C=C\C=C/5)C4=O)C(C)C)cc3)=CN1C2=O. The molecular weight excluding hydrogens is 1200 g/mol. The van der Waals surface area contributed by atoms with E-state index in [-0.39, 0.29) is 74.1 Å². The molecule has 2 fully saturated rings. The minimum atomic E-state index is -0.938. The van der Waals surface area contributed by atoms with Crippen molar-refractivity contribution in [3.05, 3.63) is 156 Å². The number of ether oxygens (including phenoxy) is 4. The molecule has 7 amide bonds. The van der Waals surface area contributed by atoms with E-state index in [1.807, 2.05) is 94.1 Å². The van der Waals surface area contributed by atoms with Crippen molar-refractivity contribution in [2.24, 2.45) is 21.8 Å². The van der Waals surface area contributed by atoms with Gasteiger partial charge in [0.1, 0.15) is 12.1 Å². The monoisotopic (exact) mass is 1290 g/mol. The number of likely N-dealkylation sites (tertiary alicyclic amines) is 1. The number of benzene rings is 4. The number of carbonyl (C=O) groups excluding carboxylic acids is 7. The minimum Gasteiger partial charge on any atom is -0.493 e. The topological polar surface area (TPSA) is 233 Å². The van der Waals surface area contributed by atoms with E-state index < -0.39 is 35.4 Å². The van der Waals surface area contributed by atoms with Crippen LogP contribution in [0.4, 0.5) is 22.7 Å². The van der Waals surface area contributed by atoms with Crippen molar-refractivity contribution in [1.29, 1.82) is 0 Å². The maximum Gasteiger partial charge on any atom is 0.260 e. The molecule has 496 valence electrons. The number of nitrogens with one attached hydrogen (secondary N) is 3. The van der Waals surface area contributed by atoms with Gasteiger partial charge in [0.2, 0.25) is 29.5 Å². The van der Waals surface area contributed by atoms with Gasteiger partial charge in [-0.05, 0) is 110 Å². The van der Waals surface area contributed by atoms with Gasteiger partial charge in [-0.15, -0.1) is 0 Å². The number of methoxy groups -OCH3 is 2. The second-order valence-corrected chi connectivity index (χ2v) is 25.6. The Kier molecular flexibility index (Phi) is 20.7. The minimum absolute atomic E-state index is 0.142. The molecule has 3 N–H and O–H groups in total. The van der Waals surface area contributed by atoms with Crippen LogP contribution in [0.3, 0.4) is 0 Å². The molecule has 0 bridgehead atoms. The third kappa shape index (κ3) is 15.2. The van der Waals surface area contributed by atoms with Crippen molar-refractivity contribution < 1.29 is 52.5 Å². The third-order valence-corrected chi connectivity index (χ3v) is 18.4. The molecule has 7 aliphatic rings. The summed E-state index contributed by atoms with van der Waals surface area (Å²) in [7, 11) is 5.21. The number of imide groups is 1. The van der Waals surface area contributed by atoms with Gasteiger partial charge in [0.25, 0.3) is 11.8 Å². The zero-order chi connectivity index (χ0) is 66.9. The molecule has 4 aromatic rings. The third-order valence-electron chi connectivity index (χ3n) is 18.4. The molecule has 2 unspecified atom stereocenters. The zero-order valence-corrected chi connectivity index (χ0v) is 55.1. The summed E-state index contributed by atoms with van der Waals surface area (Å²) in [5.41, 5.74) is 7.45. The Bertz CT molecular complexity index is 3880. The van der Waals surface area contributed by atoms with Gasteiger partial charge in [-0.25, -0.2) is 0 Å². The Hall–Kier alpha value is -9.89. The average Bonchev–Trinajstić information content (AvgIpc) is 1.62. The van der Waals surface area contributed by atoms with Crippen LogP contribution in [-0.2, 0) is 24.0 Å². The molecule has 0 spiro atoms. The summed E-state index contributed by atoms with van der Waals surface area (Å²) >= 11 is 0. The number of hydrogen-bond donors (Lipinski definition) is 3. The number of fused-ring (bicyclic) bond motifs is 4. The fourth-order valence-electron chi connectivity index (χ4n) is 12.8. The number of anilines is 2. The van der Waals surface area contributed by atoms with Crippen LogP contribution in [0.2, 0.25) is 0 Å². The summed E-state index contributed by atoms with van der Waals surface area (Å²) in [6.45, 7) is 12.1. The van der Waals surface area contributed by atoms with Gasteiger partial charge in [0.15, 0.2) is 23.0 Å². The van der Waals surface area contributed by atoms with Crippen molar-refractivity contribution >= 4 is 87.7 Å². The number of likely N-dealkylation sites (N-methyl/N-ethyl adjacent to an activating group) is 1. The molecule has 21 heteroatoms.